The molecule has 5 aromatic carbocycles. The monoisotopic (exact) mass is 703 g/mol. The topological polar surface area (TPSA) is 48.2 Å². The Bertz CT molecular complexity index is 2800. The first-order valence-electron chi connectivity index (χ1n) is 17.8. The van der Waals surface area contributed by atoms with Crippen LogP contribution in [0.25, 0.3) is 51.5 Å². The van der Waals surface area contributed by atoms with Crippen molar-refractivity contribution in [2.75, 3.05) is 0 Å². The van der Waals surface area contributed by atoms with E-state index in [0.29, 0.717) is 0 Å². The van der Waals surface area contributed by atoms with Crippen LogP contribution in [0, 0.1) is 23.2 Å². The highest BCUT2D eigenvalue weighted by Crippen LogP contribution is 2.42. The molecule has 0 amide bonds. The number of hydrogen-bond acceptors (Lipinski definition) is 5. The number of nitrogens with one attached hydrogen (secondary N) is 1. The molecular formula is C47H33N3S2. The van der Waals surface area contributed by atoms with Crippen molar-refractivity contribution in [2.24, 2.45) is 16.8 Å². The van der Waals surface area contributed by atoms with Crippen LogP contribution in [0.1, 0.15) is 29.5 Å². The largest absolute Gasteiger partial charge is 0.343 e. The fourth-order valence-corrected chi connectivity index (χ4v) is 10.1. The summed E-state index contributed by atoms with van der Waals surface area (Å²) < 4.78 is 5.28. The third-order valence-electron chi connectivity index (χ3n) is 10.6. The van der Waals surface area contributed by atoms with Crippen molar-refractivity contribution in [1.82, 2.24) is 5.32 Å². The predicted molar refractivity (Wildman–Crippen MR) is 222 cm³/mol. The van der Waals surface area contributed by atoms with Crippen LogP contribution in [0.5, 0.6) is 0 Å². The van der Waals surface area contributed by atoms with Gasteiger partial charge in [-0.25, -0.2) is 0 Å². The van der Waals surface area contributed by atoms with Crippen molar-refractivity contribution < 1.29 is 0 Å². The molecule has 2 aliphatic carbocycles. The maximum Gasteiger partial charge on any atom is 0.133 e. The van der Waals surface area contributed by atoms with E-state index in [1.54, 1.807) is 0 Å². The number of nitrogens with zero attached hydrogens (tertiary/aromatic N) is 2. The van der Waals surface area contributed by atoms with E-state index in [2.05, 4.69) is 145 Å². The summed E-state index contributed by atoms with van der Waals surface area (Å²) in [5.74, 6) is 1.18. The average Bonchev–Trinajstić information content (AvgIpc) is 3.78. The smallest absolute Gasteiger partial charge is 0.133 e. The van der Waals surface area contributed by atoms with E-state index >= 15 is 0 Å². The van der Waals surface area contributed by atoms with Gasteiger partial charge >= 0.3 is 0 Å². The summed E-state index contributed by atoms with van der Waals surface area (Å²) in [6, 6.07) is 44.2. The highest BCUT2D eigenvalue weighted by Gasteiger charge is 2.29. The quantitative estimate of drug-likeness (QED) is 0.194. The Hall–Kier alpha value is -5.80. The van der Waals surface area contributed by atoms with Crippen molar-refractivity contribution in [3.63, 3.8) is 0 Å². The van der Waals surface area contributed by atoms with E-state index in [4.69, 9.17) is 4.99 Å². The molecule has 0 bridgehead atoms. The number of hydrogen-bond donors (Lipinski definition) is 1. The highest BCUT2D eigenvalue weighted by atomic mass is 32.1. The number of nitriles is 1. The molecule has 1 aliphatic heterocycles. The van der Waals surface area contributed by atoms with E-state index in [1.165, 1.54) is 62.6 Å². The molecule has 0 radical (unpaired) electrons. The first-order chi connectivity index (χ1) is 25.7. The lowest BCUT2D eigenvalue weighted by molar-refractivity contribution is 0.565. The van der Waals surface area contributed by atoms with E-state index in [-0.39, 0.29) is 17.9 Å². The Morgan fingerprint density at radius 3 is 2.02 bits per heavy atom. The van der Waals surface area contributed by atoms with Gasteiger partial charge in [-0.05, 0) is 83.7 Å². The zero-order valence-electron chi connectivity index (χ0n) is 28.3. The summed E-state index contributed by atoms with van der Waals surface area (Å²) in [6.45, 7) is 0. The van der Waals surface area contributed by atoms with Gasteiger partial charge in [0.15, 0.2) is 0 Å². The van der Waals surface area contributed by atoms with E-state index in [9.17, 15) is 5.26 Å². The standard InChI is InChI=1S/C47H33N3S2/c48-28-29-14-16-30(17-15-29)41-27-42(50-47(49-41)31-8-2-1-3-9-31)36-23-34(32-18-20-45-39(25-32)37-10-4-6-12-43(37)51-45)22-35(24-36)33-19-21-46-40(26-33)38-11-5-7-13-44(38)52-46/h1-16,18-23,25-27,30,36,42H,17,24H2,(H,49,50). The Labute approximate surface area is 310 Å². The normalized spacial score (nSPS) is 20.2. The van der Waals surface area contributed by atoms with Crippen LogP contribution in [-0.2, 0) is 0 Å². The maximum absolute atomic E-state index is 9.50. The van der Waals surface area contributed by atoms with Gasteiger partial charge in [0.25, 0.3) is 0 Å². The molecule has 5 heteroatoms. The second kappa shape index (κ2) is 12.8. The summed E-state index contributed by atoms with van der Waals surface area (Å²) in [5, 5.41) is 18.5. The lowest BCUT2D eigenvalue weighted by atomic mass is 9.80. The third-order valence-corrected chi connectivity index (χ3v) is 12.9. The van der Waals surface area contributed by atoms with Gasteiger partial charge in [0.05, 0.1) is 12.1 Å². The van der Waals surface area contributed by atoms with Gasteiger partial charge in [0, 0.05) is 69.0 Å². The molecule has 0 fully saturated rings. The maximum atomic E-state index is 9.50. The molecule has 3 nitrogen and oxygen atoms in total. The summed E-state index contributed by atoms with van der Waals surface area (Å²) in [7, 11) is 0. The van der Waals surface area contributed by atoms with Gasteiger partial charge in [-0.3, -0.25) is 4.99 Å². The molecule has 0 spiro atoms. The van der Waals surface area contributed by atoms with Gasteiger partial charge in [0.1, 0.15) is 5.84 Å². The zero-order chi connectivity index (χ0) is 34.6. The number of amidine groups is 1. The van der Waals surface area contributed by atoms with Crippen molar-refractivity contribution in [3.8, 4) is 6.07 Å². The molecule has 3 heterocycles. The van der Waals surface area contributed by atoms with Gasteiger partial charge < -0.3 is 5.32 Å². The Kier molecular flexibility index (Phi) is 7.60. The molecule has 0 saturated carbocycles. The van der Waals surface area contributed by atoms with Crippen molar-refractivity contribution in [2.45, 2.75) is 18.9 Å². The average molecular weight is 704 g/mol. The number of allylic oxidation sites excluding steroid dienone is 7. The van der Waals surface area contributed by atoms with Gasteiger partial charge in [-0.2, -0.15) is 5.26 Å². The minimum absolute atomic E-state index is 0.0729. The van der Waals surface area contributed by atoms with E-state index in [1.807, 2.05) is 40.9 Å². The summed E-state index contributed by atoms with van der Waals surface area (Å²) in [6.07, 6.45) is 15.1. The molecule has 52 heavy (non-hydrogen) atoms. The second-order valence-corrected chi connectivity index (χ2v) is 16.0. The van der Waals surface area contributed by atoms with Crippen LogP contribution in [0.15, 0.2) is 168 Å². The van der Waals surface area contributed by atoms with Crippen LogP contribution in [0.4, 0.5) is 0 Å². The molecular weight excluding hydrogens is 671 g/mol. The highest BCUT2D eigenvalue weighted by molar-refractivity contribution is 7.26. The van der Waals surface area contributed by atoms with Crippen molar-refractivity contribution in [1.29, 1.82) is 5.26 Å². The van der Waals surface area contributed by atoms with E-state index in [0.717, 1.165) is 35.5 Å². The summed E-state index contributed by atoms with van der Waals surface area (Å²) >= 11 is 3.72. The molecule has 3 atom stereocenters. The first kappa shape index (κ1) is 31.0. The fraction of sp³-hybridized carbons (Fsp3) is 0.106. The Morgan fingerprint density at radius 2 is 1.33 bits per heavy atom. The number of rotatable bonds is 5. The number of aliphatic imine (C=N–C) groups is 1. The Morgan fingerprint density at radius 1 is 0.673 bits per heavy atom. The van der Waals surface area contributed by atoms with Gasteiger partial charge in [-0.1, -0.05) is 103 Å². The molecule has 3 unspecified atom stereocenters. The van der Waals surface area contributed by atoms with E-state index < -0.39 is 0 Å². The predicted octanol–water partition coefficient (Wildman–Crippen LogP) is 12.2. The van der Waals surface area contributed by atoms with Crippen LogP contribution >= 0.6 is 22.7 Å². The van der Waals surface area contributed by atoms with Gasteiger partial charge in [-0.15, -0.1) is 22.7 Å². The van der Waals surface area contributed by atoms with Crippen LogP contribution in [0.3, 0.4) is 0 Å². The Balaban J connectivity index is 1.11. The molecule has 2 aromatic heterocycles. The summed E-state index contributed by atoms with van der Waals surface area (Å²) in [5.41, 5.74) is 8.01. The molecule has 0 saturated heterocycles. The summed E-state index contributed by atoms with van der Waals surface area (Å²) in [4.78, 5) is 5.44. The molecule has 1 N–H and O–H groups in total. The van der Waals surface area contributed by atoms with Crippen molar-refractivity contribution in [3.05, 3.63) is 180 Å². The molecule has 3 aliphatic rings. The number of thiophene rings is 2. The number of benzene rings is 5. The minimum atomic E-state index is -0.0729. The van der Waals surface area contributed by atoms with Gasteiger partial charge in [0.2, 0.25) is 0 Å². The first-order valence-corrected chi connectivity index (χ1v) is 19.5. The zero-order valence-corrected chi connectivity index (χ0v) is 29.9. The van der Waals surface area contributed by atoms with Crippen molar-refractivity contribution >= 4 is 80.0 Å². The third kappa shape index (κ3) is 5.52. The van der Waals surface area contributed by atoms with Crippen LogP contribution in [-0.4, -0.2) is 11.9 Å². The molecule has 248 valence electrons. The minimum Gasteiger partial charge on any atom is -0.343 e. The lowest BCUT2D eigenvalue weighted by Gasteiger charge is -2.32. The van der Waals surface area contributed by atoms with Crippen LogP contribution in [0.2, 0.25) is 0 Å². The van der Waals surface area contributed by atoms with Crippen LogP contribution < -0.4 is 5.32 Å². The molecule has 7 aromatic rings. The molecule has 10 rings (SSSR count). The number of fused-ring (bicyclic) bond motifs is 6. The second-order valence-electron chi connectivity index (χ2n) is 13.8. The SMILES string of the molecule is N#CC1=CCC(C2=CC(C3C=C(c4ccc5sc6ccccc6c5c4)C=C(c4ccc5sc6ccccc6c5c4)C3)N=C(c3ccccc3)N2)C=C1. The fourth-order valence-electron chi connectivity index (χ4n) is 7.96. The lowest BCUT2D eigenvalue weighted by Crippen LogP contribution is -2.36.